The third-order valence-electron chi connectivity index (χ3n) is 3.52. The molecule has 1 unspecified atom stereocenters. The number of carbonyl (C=O) groups is 1. The van der Waals surface area contributed by atoms with Crippen LogP contribution < -0.4 is 5.73 Å². The summed E-state index contributed by atoms with van der Waals surface area (Å²) in [5.41, 5.74) is 5.84. The summed E-state index contributed by atoms with van der Waals surface area (Å²) in [5.74, 6) is -0.537. The van der Waals surface area contributed by atoms with E-state index >= 15 is 0 Å². The standard InChI is InChI=1S/C13H20N2O5S.ClH/c1-3-10-12(7-11(20-10)13(16)19-2)21(17,18)15-6-4-5-9(14)8-15;/h7,9H,3-6,8,14H2,1-2H3;1H. The van der Waals surface area contributed by atoms with Gasteiger partial charge in [-0.25, -0.2) is 13.2 Å². The molecule has 2 heterocycles. The molecule has 2 N–H and O–H groups in total. The van der Waals surface area contributed by atoms with Crippen LogP contribution in [-0.4, -0.2) is 44.9 Å². The first kappa shape index (κ1) is 19.0. The van der Waals surface area contributed by atoms with E-state index in [1.54, 1.807) is 6.92 Å². The fourth-order valence-corrected chi connectivity index (χ4v) is 4.17. The van der Waals surface area contributed by atoms with Gasteiger partial charge in [0.15, 0.2) is 0 Å². The Kier molecular flexibility index (Phi) is 6.42. The van der Waals surface area contributed by atoms with Crippen molar-refractivity contribution >= 4 is 28.4 Å². The molecule has 0 saturated carbocycles. The van der Waals surface area contributed by atoms with E-state index in [1.165, 1.54) is 17.5 Å². The van der Waals surface area contributed by atoms with Crippen LogP contribution in [0.3, 0.4) is 0 Å². The molecule has 1 atom stereocenters. The fourth-order valence-electron chi connectivity index (χ4n) is 2.41. The highest BCUT2D eigenvalue weighted by Crippen LogP contribution is 2.27. The summed E-state index contributed by atoms with van der Waals surface area (Å²) >= 11 is 0. The van der Waals surface area contributed by atoms with Gasteiger partial charge in [-0.15, -0.1) is 12.4 Å². The summed E-state index contributed by atoms with van der Waals surface area (Å²) in [6, 6.07) is 1.07. The lowest BCUT2D eigenvalue weighted by molar-refractivity contribution is 0.0563. The van der Waals surface area contributed by atoms with E-state index in [0.717, 1.165) is 12.8 Å². The van der Waals surface area contributed by atoms with Crippen LogP contribution in [0.4, 0.5) is 0 Å². The van der Waals surface area contributed by atoms with E-state index in [2.05, 4.69) is 4.74 Å². The molecule has 1 aliphatic rings. The van der Waals surface area contributed by atoms with Crippen molar-refractivity contribution in [3.63, 3.8) is 0 Å². The summed E-state index contributed by atoms with van der Waals surface area (Å²) in [5, 5.41) is 0. The van der Waals surface area contributed by atoms with Crippen LogP contribution in [0, 0.1) is 0 Å². The average molecular weight is 353 g/mol. The van der Waals surface area contributed by atoms with Gasteiger partial charge in [0.25, 0.3) is 0 Å². The number of methoxy groups -OCH3 is 1. The number of carbonyl (C=O) groups excluding carboxylic acids is 1. The van der Waals surface area contributed by atoms with Crippen molar-refractivity contribution in [3.05, 3.63) is 17.6 Å². The number of hydrogen-bond acceptors (Lipinski definition) is 6. The van der Waals surface area contributed by atoms with Gasteiger partial charge in [-0.3, -0.25) is 0 Å². The van der Waals surface area contributed by atoms with Gasteiger partial charge >= 0.3 is 5.97 Å². The Labute approximate surface area is 136 Å². The lowest BCUT2D eigenvalue weighted by Crippen LogP contribution is -2.45. The van der Waals surface area contributed by atoms with Gasteiger partial charge in [0, 0.05) is 31.6 Å². The third-order valence-corrected chi connectivity index (χ3v) is 5.43. The number of hydrogen-bond donors (Lipinski definition) is 1. The molecular formula is C13H21ClN2O5S. The van der Waals surface area contributed by atoms with Crippen molar-refractivity contribution in [3.8, 4) is 0 Å². The number of nitrogens with zero attached hydrogens (tertiary/aromatic N) is 1. The van der Waals surface area contributed by atoms with Gasteiger partial charge in [-0.2, -0.15) is 4.31 Å². The van der Waals surface area contributed by atoms with Crippen molar-refractivity contribution in [2.45, 2.75) is 37.1 Å². The molecule has 0 spiro atoms. The van der Waals surface area contributed by atoms with Gasteiger partial charge in [-0.05, 0) is 12.8 Å². The Morgan fingerprint density at radius 1 is 1.55 bits per heavy atom. The number of nitrogens with two attached hydrogens (primary N) is 1. The lowest BCUT2D eigenvalue weighted by Gasteiger charge is -2.29. The second-order valence-corrected chi connectivity index (χ2v) is 6.91. The van der Waals surface area contributed by atoms with Crippen molar-refractivity contribution in [2.24, 2.45) is 5.73 Å². The van der Waals surface area contributed by atoms with Crippen molar-refractivity contribution in [1.29, 1.82) is 0 Å². The highest BCUT2D eigenvalue weighted by atomic mass is 35.5. The molecule has 1 saturated heterocycles. The number of sulfonamides is 1. The molecule has 0 amide bonds. The minimum Gasteiger partial charge on any atom is -0.463 e. The topological polar surface area (TPSA) is 103 Å². The van der Waals surface area contributed by atoms with E-state index in [0.29, 0.717) is 13.0 Å². The van der Waals surface area contributed by atoms with Crippen LogP contribution in [-0.2, 0) is 21.2 Å². The van der Waals surface area contributed by atoms with E-state index in [9.17, 15) is 13.2 Å². The van der Waals surface area contributed by atoms with Crippen LogP contribution in [0.25, 0.3) is 0 Å². The molecule has 1 aromatic heterocycles. The van der Waals surface area contributed by atoms with E-state index < -0.39 is 16.0 Å². The molecular weight excluding hydrogens is 332 g/mol. The molecule has 0 aromatic carbocycles. The van der Waals surface area contributed by atoms with Crippen LogP contribution in [0.5, 0.6) is 0 Å². The minimum absolute atomic E-state index is 0. The first-order valence-electron chi connectivity index (χ1n) is 6.87. The first-order valence-corrected chi connectivity index (χ1v) is 8.31. The number of piperidine rings is 1. The Morgan fingerprint density at radius 2 is 2.23 bits per heavy atom. The highest BCUT2D eigenvalue weighted by Gasteiger charge is 2.33. The maximum absolute atomic E-state index is 12.7. The minimum atomic E-state index is -3.71. The zero-order valence-corrected chi connectivity index (χ0v) is 14.2. The zero-order valence-electron chi connectivity index (χ0n) is 12.6. The van der Waals surface area contributed by atoms with Crippen LogP contribution in [0.15, 0.2) is 15.4 Å². The molecule has 1 aromatic rings. The summed E-state index contributed by atoms with van der Waals surface area (Å²) < 4.78 is 36.6. The molecule has 126 valence electrons. The van der Waals surface area contributed by atoms with Crippen LogP contribution in [0.2, 0.25) is 0 Å². The summed E-state index contributed by atoms with van der Waals surface area (Å²) in [4.78, 5) is 11.5. The zero-order chi connectivity index (χ0) is 15.6. The predicted molar refractivity (Wildman–Crippen MR) is 82.6 cm³/mol. The summed E-state index contributed by atoms with van der Waals surface area (Å²) in [7, 11) is -2.49. The second-order valence-electron chi connectivity index (χ2n) is 5.01. The molecule has 0 aliphatic carbocycles. The van der Waals surface area contributed by atoms with Crippen molar-refractivity contribution in [2.75, 3.05) is 20.2 Å². The highest BCUT2D eigenvalue weighted by molar-refractivity contribution is 7.89. The maximum Gasteiger partial charge on any atom is 0.373 e. The van der Waals surface area contributed by atoms with Crippen molar-refractivity contribution in [1.82, 2.24) is 4.31 Å². The normalized spacial score (nSPS) is 19.5. The monoisotopic (exact) mass is 352 g/mol. The summed E-state index contributed by atoms with van der Waals surface area (Å²) in [6.45, 7) is 2.48. The van der Waals surface area contributed by atoms with Gasteiger partial charge < -0.3 is 14.9 Å². The summed E-state index contributed by atoms with van der Waals surface area (Å²) in [6.07, 6.45) is 1.90. The predicted octanol–water partition coefficient (Wildman–Crippen LogP) is 1.16. The van der Waals surface area contributed by atoms with Gasteiger partial charge in [0.2, 0.25) is 15.8 Å². The molecule has 7 nitrogen and oxygen atoms in total. The Bertz CT molecular complexity index is 628. The van der Waals surface area contributed by atoms with E-state index in [4.69, 9.17) is 10.2 Å². The Hall–Kier alpha value is -1.09. The number of ether oxygens (including phenoxy) is 1. The van der Waals surface area contributed by atoms with Crippen molar-refractivity contribution < 1.29 is 22.4 Å². The molecule has 0 radical (unpaired) electrons. The smallest absolute Gasteiger partial charge is 0.373 e. The maximum atomic E-state index is 12.7. The van der Waals surface area contributed by atoms with Gasteiger partial charge in [0.1, 0.15) is 10.7 Å². The molecule has 9 heteroatoms. The molecule has 1 aliphatic heterocycles. The number of halogens is 1. The van der Waals surface area contributed by atoms with E-state index in [-0.39, 0.29) is 41.4 Å². The quantitative estimate of drug-likeness (QED) is 0.816. The number of rotatable bonds is 4. The molecule has 0 bridgehead atoms. The second kappa shape index (κ2) is 7.45. The van der Waals surface area contributed by atoms with Crippen LogP contribution >= 0.6 is 12.4 Å². The third kappa shape index (κ3) is 3.62. The average Bonchev–Trinajstić information content (AvgIpc) is 2.91. The van der Waals surface area contributed by atoms with Crippen LogP contribution in [0.1, 0.15) is 36.1 Å². The Morgan fingerprint density at radius 3 is 2.77 bits per heavy atom. The first-order chi connectivity index (χ1) is 9.90. The largest absolute Gasteiger partial charge is 0.463 e. The van der Waals surface area contributed by atoms with Gasteiger partial charge in [-0.1, -0.05) is 6.92 Å². The SMILES string of the molecule is CCc1oc(C(=O)OC)cc1S(=O)(=O)N1CCCC(N)C1.Cl. The molecule has 1 fully saturated rings. The lowest BCUT2D eigenvalue weighted by atomic mass is 10.1. The molecule has 2 rings (SSSR count). The van der Waals surface area contributed by atoms with E-state index in [1.807, 2.05) is 0 Å². The van der Waals surface area contributed by atoms with Gasteiger partial charge in [0.05, 0.1) is 7.11 Å². The number of aryl methyl sites for hydroxylation is 1. The molecule has 22 heavy (non-hydrogen) atoms. The number of esters is 1. The fraction of sp³-hybridized carbons (Fsp3) is 0.615. The Balaban J connectivity index is 0.00000242. The number of furan rings is 1.